The largest absolute Gasteiger partial charge is 0.369 e. The van der Waals surface area contributed by atoms with E-state index in [-0.39, 0.29) is 6.04 Å². The highest BCUT2D eigenvalue weighted by Crippen LogP contribution is 2.30. The average Bonchev–Trinajstić information content (AvgIpc) is 2.93. The van der Waals surface area contributed by atoms with Crippen molar-refractivity contribution < 1.29 is 4.79 Å². The lowest BCUT2D eigenvalue weighted by Crippen LogP contribution is -2.26. The molecule has 0 spiro atoms. The molecule has 1 saturated heterocycles. The molecule has 0 radical (unpaired) electrons. The standard InChI is InChI=1S/C13H16N4O/c1-16-7-11-12(17-5-4-10(14)6-17)3-2-9(8-18)13(11)15-16/h2-3,7-8,10H,4-6,14H2,1H3. The summed E-state index contributed by atoms with van der Waals surface area (Å²) in [5.74, 6) is 0. The summed E-state index contributed by atoms with van der Waals surface area (Å²) in [6.45, 7) is 1.83. The number of aryl methyl sites for hydroxylation is 1. The summed E-state index contributed by atoms with van der Waals surface area (Å²) in [6.07, 6.45) is 3.83. The number of benzene rings is 1. The molecule has 2 heterocycles. The normalized spacial score (nSPS) is 19.7. The number of fused-ring (bicyclic) bond motifs is 1. The summed E-state index contributed by atoms with van der Waals surface area (Å²) < 4.78 is 1.75. The second kappa shape index (κ2) is 4.10. The monoisotopic (exact) mass is 244 g/mol. The predicted molar refractivity (Wildman–Crippen MR) is 70.9 cm³/mol. The van der Waals surface area contributed by atoms with Crippen molar-refractivity contribution >= 4 is 22.9 Å². The van der Waals surface area contributed by atoms with Gasteiger partial charge >= 0.3 is 0 Å². The van der Waals surface area contributed by atoms with Gasteiger partial charge < -0.3 is 10.6 Å². The molecule has 18 heavy (non-hydrogen) atoms. The second-order valence-electron chi connectivity index (χ2n) is 4.85. The molecular formula is C13H16N4O. The van der Waals surface area contributed by atoms with Crippen LogP contribution in [0.2, 0.25) is 0 Å². The van der Waals surface area contributed by atoms with Crippen LogP contribution in [0.25, 0.3) is 10.9 Å². The Hall–Kier alpha value is -1.88. The van der Waals surface area contributed by atoms with Gasteiger partial charge in [0, 0.05) is 49.0 Å². The van der Waals surface area contributed by atoms with E-state index in [9.17, 15) is 4.79 Å². The van der Waals surface area contributed by atoms with Crippen LogP contribution in [0.15, 0.2) is 18.3 Å². The number of nitrogens with zero attached hydrogens (tertiary/aromatic N) is 3. The van der Waals surface area contributed by atoms with Crippen LogP contribution in [0.3, 0.4) is 0 Å². The molecule has 1 fully saturated rings. The summed E-state index contributed by atoms with van der Waals surface area (Å²) in [5.41, 5.74) is 8.48. The zero-order valence-electron chi connectivity index (χ0n) is 10.3. The smallest absolute Gasteiger partial charge is 0.152 e. The van der Waals surface area contributed by atoms with Gasteiger partial charge in [-0.2, -0.15) is 5.10 Å². The maximum absolute atomic E-state index is 11.0. The summed E-state index contributed by atoms with van der Waals surface area (Å²) >= 11 is 0. The fourth-order valence-electron chi connectivity index (χ4n) is 2.60. The van der Waals surface area contributed by atoms with E-state index in [1.165, 1.54) is 0 Å². The van der Waals surface area contributed by atoms with Gasteiger partial charge in [0.25, 0.3) is 0 Å². The Morgan fingerprint density at radius 2 is 2.33 bits per heavy atom. The van der Waals surface area contributed by atoms with Crippen molar-refractivity contribution in [3.63, 3.8) is 0 Å². The Morgan fingerprint density at radius 1 is 1.50 bits per heavy atom. The minimum Gasteiger partial charge on any atom is -0.369 e. The summed E-state index contributed by atoms with van der Waals surface area (Å²) in [7, 11) is 1.87. The lowest BCUT2D eigenvalue weighted by molar-refractivity contribution is 0.112. The van der Waals surface area contributed by atoms with Crippen LogP contribution in [0.1, 0.15) is 16.8 Å². The minimum atomic E-state index is 0.238. The molecule has 1 aliphatic rings. The van der Waals surface area contributed by atoms with E-state index in [0.29, 0.717) is 5.56 Å². The van der Waals surface area contributed by atoms with Gasteiger partial charge in [-0.1, -0.05) is 0 Å². The number of anilines is 1. The summed E-state index contributed by atoms with van der Waals surface area (Å²) in [4.78, 5) is 13.3. The lowest BCUT2D eigenvalue weighted by Gasteiger charge is -2.19. The average molecular weight is 244 g/mol. The van der Waals surface area contributed by atoms with Crippen molar-refractivity contribution in [2.45, 2.75) is 12.5 Å². The van der Waals surface area contributed by atoms with Crippen molar-refractivity contribution in [2.75, 3.05) is 18.0 Å². The van der Waals surface area contributed by atoms with Gasteiger partial charge in [0.2, 0.25) is 0 Å². The molecule has 2 N–H and O–H groups in total. The van der Waals surface area contributed by atoms with Gasteiger partial charge in [-0.3, -0.25) is 9.48 Å². The van der Waals surface area contributed by atoms with E-state index in [1.54, 1.807) is 4.68 Å². The third-order valence-electron chi connectivity index (χ3n) is 3.49. The van der Waals surface area contributed by atoms with E-state index in [4.69, 9.17) is 5.73 Å². The predicted octanol–water partition coefficient (Wildman–Crippen LogP) is 0.923. The highest BCUT2D eigenvalue weighted by atomic mass is 16.1. The third-order valence-corrected chi connectivity index (χ3v) is 3.49. The lowest BCUT2D eigenvalue weighted by atomic mass is 10.1. The van der Waals surface area contributed by atoms with Crippen LogP contribution in [0.5, 0.6) is 0 Å². The molecule has 0 amide bonds. The van der Waals surface area contributed by atoms with Gasteiger partial charge in [-0.25, -0.2) is 0 Å². The molecule has 1 aliphatic heterocycles. The molecule has 0 aliphatic carbocycles. The molecule has 5 nitrogen and oxygen atoms in total. The summed E-state index contributed by atoms with van der Waals surface area (Å²) in [6, 6.07) is 4.07. The molecule has 1 aromatic heterocycles. The van der Waals surface area contributed by atoms with Gasteiger partial charge in [0.05, 0.1) is 0 Å². The fraction of sp³-hybridized carbons (Fsp3) is 0.385. The molecule has 3 rings (SSSR count). The van der Waals surface area contributed by atoms with E-state index < -0.39 is 0 Å². The van der Waals surface area contributed by atoms with E-state index >= 15 is 0 Å². The number of aromatic nitrogens is 2. The van der Waals surface area contributed by atoms with Gasteiger partial charge in [0.1, 0.15) is 5.52 Å². The number of hydrogen-bond acceptors (Lipinski definition) is 4. The molecule has 1 atom stereocenters. The van der Waals surface area contributed by atoms with Gasteiger partial charge in [-0.15, -0.1) is 0 Å². The number of nitrogens with two attached hydrogens (primary N) is 1. The Balaban J connectivity index is 2.15. The zero-order chi connectivity index (χ0) is 12.7. The Kier molecular flexibility index (Phi) is 2.56. The van der Waals surface area contributed by atoms with Crippen LogP contribution in [-0.4, -0.2) is 35.2 Å². The minimum absolute atomic E-state index is 0.238. The quantitative estimate of drug-likeness (QED) is 0.798. The zero-order valence-corrected chi connectivity index (χ0v) is 10.3. The van der Waals surface area contributed by atoms with E-state index in [2.05, 4.69) is 10.00 Å². The third kappa shape index (κ3) is 1.67. The first-order valence-corrected chi connectivity index (χ1v) is 6.11. The number of aldehydes is 1. The maximum Gasteiger partial charge on any atom is 0.152 e. The van der Waals surface area contributed by atoms with Crippen molar-refractivity contribution in [3.05, 3.63) is 23.9 Å². The SMILES string of the molecule is Cn1cc2c(N3CCC(N)C3)ccc(C=O)c2n1. The van der Waals surface area contributed by atoms with Gasteiger partial charge in [-0.05, 0) is 18.6 Å². The molecule has 2 aromatic rings. The first-order chi connectivity index (χ1) is 8.69. The molecule has 0 saturated carbocycles. The highest BCUT2D eigenvalue weighted by Gasteiger charge is 2.22. The molecular weight excluding hydrogens is 228 g/mol. The number of rotatable bonds is 2. The van der Waals surface area contributed by atoms with Crippen LogP contribution >= 0.6 is 0 Å². The fourth-order valence-corrected chi connectivity index (χ4v) is 2.60. The summed E-state index contributed by atoms with van der Waals surface area (Å²) in [5, 5.41) is 5.39. The topological polar surface area (TPSA) is 64.2 Å². The Labute approximate surface area is 105 Å². The Bertz CT molecular complexity index is 604. The van der Waals surface area contributed by atoms with Crippen molar-refractivity contribution in [1.82, 2.24) is 9.78 Å². The van der Waals surface area contributed by atoms with Crippen molar-refractivity contribution in [2.24, 2.45) is 12.8 Å². The van der Waals surface area contributed by atoms with E-state index in [0.717, 1.165) is 42.4 Å². The molecule has 94 valence electrons. The van der Waals surface area contributed by atoms with Gasteiger partial charge in [0.15, 0.2) is 6.29 Å². The first kappa shape index (κ1) is 11.2. The highest BCUT2D eigenvalue weighted by molar-refractivity contribution is 6.01. The van der Waals surface area contributed by atoms with Crippen molar-refractivity contribution in [3.8, 4) is 0 Å². The number of carbonyl (C=O) groups excluding carboxylic acids is 1. The van der Waals surface area contributed by atoms with Crippen molar-refractivity contribution in [1.29, 1.82) is 0 Å². The number of hydrogen-bond donors (Lipinski definition) is 1. The molecule has 5 heteroatoms. The maximum atomic E-state index is 11.0. The molecule has 1 aromatic carbocycles. The number of carbonyl (C=O) groups is 1. The second-order valence-corrected chi connectivity index (χ2v) is 4.85. The van der Waals surface area contributed by atoms with Crippen LogP contribution in [-0.2, 0) is 7.05 Å². The Morgan fingerprint density at radius 3 is 3.00 bits per heavy atom. The van der Waals surface area contributed by atoms with Crippen LogP contribution in [0.4, 0.5) is 5.69 Å². The van der Waals surface area contributed by atoms with Crippen LogP contribution in [0, 0.1) is 0 Å². The molecule has 0 bridgehead atoms. The molecule has 1 unspecified atom stereocenters. The first-order valence-electron chi connectivity index (χ1n) is 6.11. The van der Waals surface area contributed by atoms with E-state index in [1.807, 2.05) is 25.4 Å². The van der Waals surface area contributed by atoms with Crippen LogP contribution < -0.4 is 10.6 Å².